The van der Waals surface area contributed by atoms with Crippen LogP contribution < -0.4 is 0 Å². The van der Waals surface area contributed by atoms with E-state index < -0.39 is 0 Å². The van der Waals surface area contributed by atoms with Crippen LogP contribution >= 0.6 is 0 Å². The van der Waals surface area contributed by atoms with Crippen molar-refractivity contribution >= 4 is 5.78 Å². The summed E-state index contributed by atoms with van der Waals surface area (Å²) in [5, 5.41) is 0. The second kappa shape index (κ2) is 4.02. The molecule has 0 unspecified atom stereocenters. The van der Waals surface area contributed by atoms with Gasteiger partial charge in [-0.3, -0.25) is 4.79 Å². The molecule has 1 aromatic rings. The van der Waals surface area contributed by atoms with Crippen molar-refractivity contribution in [1.82, 2.24) is 4.90 Å². The summed E-state index contributed by atoms with van der Waals surface area (Å²) >= 11 is 0. The highest BCUT2D eigenvalue weighted by atomic mass is 16.1. The molecule has 0 amide bonds. The molecule has 90 valence electrons. The Kier molecular flexibility index (Phi) is 2.82. The minimum Gasteiger partial charge on any atom is -0.383 e. The number of hydrogen-bond donors (Lipinski definition) is 0. The number of Topliss-reactive ketones (excluding diaryl/α,β-unsaturated/α-hetero) is 1. The second-order valence-electron chi connectivity index (χ2n) is 5.55. The lowest BCUT2D eigenvalue weighted by atomic mass is 9.70. The molecule has 0 saturated heterocycles. The lowest BCUT2D eigenvalue weighted by Crippen LogP contribution is -2.30. The standard InChI is InChI=1S/C15H19NO/c1-15(2)9-11(10-16(3)4)14(17)12-7-5-6-8-13(12)15/h5-8,10H,9H2,1-4H3. The predicted octanol–water partition coefficient (Wildman–Crippen LogP) is 3.00. The summed E-state index contributed by atoms with van der Waals surface area (Å²) in [7, 11) is 3.90. The molecular formula is C15H19NO. The van der Waals surface area contributed by atoms with Gasteiger partial charge in [-0.2, -0.15) is 0 Å². The summed E-state index contributed by atoms with van der Waals surface area (Å²) in [5.74, 6) is 0.175. The van der Waals surface area contributed by atoms with Gasteiger partial charge in [-0.25, -0.2) is 0 Å². The van der Waals surface area contributed by atoms with Crippen LogP contribution in [-0.4, -0.2) is 24.8 Å². The van der Waals surface area contributed by atoms with Crippen molar-refractivity contribution in [3.05, 3.63) is 47.2 Å². The summed E-state index contributed by atoms with van der Waals surface area (Å²) in [6.07, 6.45) is 2.75. The van der Waals surface area contributed by atoms with Crippen LogP contribution in [-0.2, 0) is 5.41 Å². The molecule has 0 aromatic heterocycles. The average molecular weight is 229 g/mol. The molecule has 0 radical (unpaired) electrons. The molecule has 17 heavy (non-hydrogen) atoms. The van der Waals surface area contributed by atoms with Crippen LogP contribution in [0.4, 0.5) is 0 Å². The zero-order chi connectivity index (χ0) is 12.6. The Hall–Kier alpha value is -1.57. The normalized spacial score (nSPS) is 20.2. The van der Waals surface area contributed by atoms with Gasteiger partial charge in [-0.15, -0.1) is 0 Å². The molecular weight excluding hydrogens is 210 g/mol. The van der Waals surface area contributed by atoms with Crippen molar-refractivity contribution in [3.63, 3.8) is 0 Å². The minimum absolute atomic E-state index is 0.0341. The number of allylic oxidation sites excluding steroid dienone is 1. The quantitative estimate of drug-likeness (QED) is 0.690. The zero-order valence-electron chi connectivity index (χ0n) is 10.9. The van der Waals surface area contributed by atoms with Crippen LogP contribution in [0.5, 0.6) is 0 Å². The summed E-state index contributed by atoms with van der Waals surface area (Å²) in [6, 6.07) is 7.95. The van der Waals surface area contributed by atoms with Gasteiger partial charge in [0.25, 0.3) is 0 Å². The largest absolute Gasteiger partial charge is 0.383 e. The van der Waals surface area contributed by atoms with Crippen molar-refractivity contribution in [2.45, 2.75) is 25.7 Å². The van der Waals surface area contributed by atoms with Crippen LogP contribution in [0.3, 0.4) is 0 Å². The summed E-state index contributed by atoms with van der Waals surface area (Å²) in [4.78, 5) is 14.3. The number of ketones is 1. The number of nitrogens with zero attached hydrogens (tertiary/aromatic N) is 1. The monoisotopic (exact) mass is 229 g/mol. The van der Waals surface area contributed by atoms with Gasteiger partial charge in [0, 0.05) is 31.4 Å². The lowest BCUT2D eigenvalue weighted by molar-refractivity contribution is 0.101. The predicted molar refractivity (Wildman–Crippen MR) is 70.2 cm³/mol. The van der Waals surface area contributed by atoms with Gasteiger partial charge in [0.1, 0.15) is 0 Å². The molecule has 0 spiro atoms. The van der Waals surface area contributed by atoms with E-state index in [-0.39, 0.29) is 11.2 Å². The third kappa shape index (κ3) is 2.12. The molecule has 2 nitrogen and oxygen atoms in total. The zero-order valence-corrected chi connectivity index (χ0v) is 10.9. The molecule has 0 N–H and O–H groups in total. The van der Waals surface area contributed by atoms with Crippen molar-refractivity contribution in [2.75, 3.05) is 14.1 Å². The third-order valence-corrected chi connectivity index (χ3v) is 3.24. The highest BCUT2D eigenvalue weighted by molar-refractivity contribution is 6.11. The maximum absolute atomic E-state index is 12.3. The molecule has 1 aromatic carbocycles. The van der Waals surface area contributed by atoms with Crippen LogP contribution in [0.15, 0.2) is 36.0 Å². The second-order valence-corrected chi connectivity index (χ2v) is 5.55. The highest BCUT2D eigenvalue weighted by Crippen LogP contribution is 2.38. The molecule has 0 fully saturated rings. The van der Waals surface area contributed by atoms with Crippen LogP contribution in [0.25, 0.3) is 0 Å². The topological polar surface area (TPSA) is 20.3 Å². The van der Waals surface area contributed by atoms with E-state index in [1.54, 1.807) is 0 Å². The minimum atomic E-state index is 0.0341. The fraction of sp³-hybridized carbons (Fsp3) is 0.400. The fourth-order valence-corrected chi connectivity index (χ4v) is 2.51. The van der Waals surface area contributed by atoms with E-state index in [2.05, 4.69) is 19.9 Å². The molecule has 2 heteroatoms. The molecule has 0 heterocycles. The first kappa shape index (κ1) is 11.9. The lowest BCUT2D eigenvalue weighted by Gasteiger charge is -2.33. The first-order valence-corrected chi connectivity index (χ1v) is 5.93. The number of fused-ring (bicyclic) bond motifs is 1. The molecule has 0 atom stereocenters. The molecule has 0 bridgehead atoms. The van der Waals surface area contributed by atoms with Gasteiger partial charge in [0.15, 0.2) is 5.78 Å². The van der Waals surface area contributed by atoms with E-state index in [4.69, 9.17) is 0 Å². The van der Waals surface area contributed by atoms with E-state index in [1.807, 2.05) is 43.4 Å². The van der Waals surface area contributed by atoms with Crippen LogP contribution in [0.2, 0.25) is 0 Å². The number of carbonyl (C=O) groups excluding carboxylic acids is 1. The van der Waals surface area contributed by atoms with Crippen LogP contribution in [0.1, 0.15) is 36.2 Å². The van der Waals surface area contributed by atoms with Gasteiger partial charge in [-0.05, 0) is 17.4 Å². The van der Waals surface area contributed by atoms with E-state index >= 15 is 0 Å². The third-order valence-electron chi connectivity index (χ3n) is 3.24. The van der Waals surface area contributed by atoms with E-state index in [0.717, 1.165) is 17.6 Å². The van der Waals surface area contributed by atoms with Gasteiger partial charge in [0.05, 0.1) is 0 Å². The van der Waals surface area contributed by atoms with Crippen molar-refractivity contribution < 1.29 is 4.79 Å². The number of rotatable bonds is 1. The van der Waals surface area contributed by atoms with Gasteiger partial charge in [-0.1, -0.05) is 38.1 Å². The Bertz CT molecular complexity index is 483. The van der Waals surface area contributed by atoms with Crippen molar-refractivity contribution in [3.8, 4) is 0 Å². The average Bonchev–Trinajstić information content (AvgIpc) is 2.25. The number of carbonyl (C=O) groups is 1. The molecule has 2 rings (SSSR count). The molecule has 1 aliphatic carbocycles. The Balaban J connectivity index is 2.55. The highest BCUT2D eigenvalue weighted by Gasteiger charge is 2.34. The summed E-state index contributed by atoms with van der Waals surface area (Å²) < 4.78 is 0. The van der Waals surface area contributed by atoms with Crippen molar-refractivity contribution in [2.24, 2.45) is 0 Å². The SMILES string of the molecule is CN(C)C=C1CC(C)(C)c2ccccc2C1=O. The van der Waals surface area contributed by atoms with Gasteiger partial charge in [0.2, 0.25) is 0 Å². The van der Waals surface area contributed by atoms with E-state index in [1.165, 1.54) is 5.56 Å². The van der Waals surface area contributed by atoms with E-state index in [0.29, 0.717) is 0 Å². The summed E-state index contributed by atoms with van der Waals surface area (Å²) in [6.45, 7) is 4.39. The molecule has 0 aliphatic heterocycles. The molecule has 1 aliphatic rings. The number of hydrogen-bond acceptors (Lipinski definition) is 2. The number of benzene rings is 1. The Labute approximate surface area is 103 Å². The van der Waals surface area contributed by atoms with Crippen molar-refractivity contribution in [1.29, 1.82) is 0 Å². The Morgan fingerprint density at radius 2 is 1.88 bits per heavy atom. The maximum Gasteiger partial charge on any atom is 0.190 e. The van der Waals surface area contributed by atoms with E-state index in [9.17, 15) is 4.79 Å². The summed E-state index contributed by atoms with van der Waals surface area (Å²) in [5.41, 5.74) is 2.96. The Morgan fingerprint density at radius 1 is 1.24 bits per heavy atom. The molecule has 0 saturated carbocycles. The van der Waals surface area contributed by atoms with Crippen LogP contribution in [0, 0.1) is 0 Å². The van der Waals surface area contributed by atoms with Gasteiger partial charge < -0.3 is 4.90 Å². The first-order chi connectivity index (χ1) is 7.92. The Morgan fingerprint density at radius 3 is 2.53 bits per heavy atom. The fourth-order valence-electron chi connectivity index (χ4n) is 2.51. The smallest absolute Gasteiger partial charge is 0.190 e. The first-order valence-electron chi connectivity index (χ1n) is 5.93. The maximum atomic E-state index is 12.3. The van der Waals surface area contributed by atoms with Gasteiger partial charge >= 0.3 is 0 Å².